The fourth-order valence-corrected chi connectivity index (χ4v) is 5.56. The van der Waals surface area contributed by atoms with Crippen LogP contribution in [0.5, 0.6) is 0 Å². The monoisotopic (exact) mass is 363 g/mol. The van der Waals surface area contributed by atoms with Gasteiger partial charge in [-0.25, -0.2) is 0 Å². The van der Waals surface area contributed by atoms with Crippen molar-refractivity contribution < 1.29 is 0 Å². The fourth-order valence-electron chi connectivity index (χ4n) is 5.56. The lowest BCUT2D eigenvalue weighted by Gasteiger charge is -2.37. The van der Waals surface area contributed by atoms with Crippen LogP contribution in [0.4, 0.5) is 0 Å². The predicted molar refractivity (Wildman–Crippen MR) is 113 cm³/mol. The van der Waals surface area contributed by atoms with E-state index in [9.17, 15) is 0 Å². The van der Waals surface area contributed by atoms with Crippen LogP contribution in [-0.2, 0) is 0 Å². The molecule has 0 aromatic heterocycles. The first-order chi connectivity index (χ1) is 12.9. The smallest absolute Gasteiger partial charge is 0.0113 e. The molecule has 0 bridgehead atoms. The highest BCUT2D eigenvalue weighted by atomic mass is 15.3. The van der Waals surface area contributed by atoms with Crippen molar-refractivity contribution in [2.24, 2.45) is 0 Å². The highest BCUT2D eigenvalue weighted by Crippen LogP contribution is 2.25. The molecular formula is C23H45N3. The van der Waals surface area contributed by atoms with E-state index in [1.165, 1.54) is 129 Å². The number of hydrogen-bond acceptors (Lipinski definition) is 3. The van der Waals surface area contributed by atoms with Crippen molar-refractivity contribution in [1.29, 1.82) is 0 Å². The third-order valence-corrected chi connectivity index (χ3v) is 7.34. The summed E-state index contributed by atoms with van der Waals surface area (Å²) in [7, 11) is 0. The van der Waals surface area contributed by atoms with Crippen molar-refractivity contribution in [2.75, 3.05) is 45.8 Å². The Kier molecular flexibility index (Phi) is 9.24. The molecule has 1 saturated heterocycles. The van der Waals surface area contributed by atoms with Crippen LogP contribution in [0.25, 0.3) is 0 Å². The standard InChI is InChI=1S/C23H45N3/c1-2-3-10-15-24-16-18-25(22-11-6-4-7-12-22)20-21-26(19-17-24)23-13-8-5-9-14-23/h22-23H,2-21H2,1H3. The quantitative estimate of drug-likeness (QED) is 0.630. The number of nitrogens with zero attached hydrogens (tertiary/aromatic N) is 3. The van der Waals surface area contributed by atoms with Crippen molar-refractivity contribution in [2.45, 2.75) is 102 Å². The second kappa shape index (κ2) is 11.7. The first kappa shape index (κ1) is 20.6. The van der Waals surface area contributed by atoms with Gasteiger partial charge in [0.05, 0.1) is 0 Å². The Labute approximate surface area is 163 Å². The van der Waals surface area contributed by atoms with Crippen LogP contribution in [0.3, 0.4) is 0 Å². The third-order valence-electron chi connectivity index (χ3n) is 7.34. The van der Waals surface area contributed by atoms with Crippen LogP contribution in [0.1, 0.15) is 90.4 Å². The average molecular weight is 364 g/mol. The molecule has 1 aliphatic heterocycles. The Morgan fingerprint density at radius 3 is 1.50 bits per heavy atom. The van der Waals surface area contributed by atoms with Gasteiger partial charge in [0.2, 0.25) is 0 Å². The van der Waals surface area contributed by atoms with Gasteiger partial charge in [-0.2, -0.15) is 0 Å². The molecule has 1 heterocycles. The summed E-state index contributed by atoms with van der Waals surface area (Å²) in [6.45, 7) is 11.5. The average Bonchev–Trinajstić information content (AvgIpc) is 2.80. The third kappa shape index (κ3) is 6.49. The summed E-state index contributed by atoms with van der Waals surface area (Å²) >= 11 is 0. The molecular weight excluding hydrogens is 318 g/mol. The van der Waals surface area contributed by atoms with Gasteiger partial charge < -0.3 is 4.90 Å². The second-order valence-electron chi connectivity index (χ2n) is 9.20. The van der Waals surface area contributed by atoms with E-state index in [-0.39, 0.29) is 0 Å². The van der Waals surface area contributed by atoms with Crippen LogP contribution >= 0.6 is 0 Å². The van der Waals surface area contributed by atoms with Gasteiger partial charge in [0.15, 0.2) is 0 Å². The zero-order valence-corrected chi connectivity index (χ0v) is 17.6. The van der Waals surface area contributed by atoms with E-state index in [2.05, 4.69) is 21.6 Å². The van der Waals surface area contributed by atoms with E-state index in [4.69, 9.17) is 0 Å². The van der Waals surface area contributed by atoms with Crippen molar-refractivity contribution in [3.63, 3.8) is 0 Å². The summed E-state index contributed by atoms with van der Waals surface area (Å²) in [5.41, 5.74) is 0. The molecule has 0 unspecified atom stereocenters. The van der Waals surface area contributed by atoms with Gasteiger partial charge in [-0.1, -0.05) is 58.3 Å². The Morgan fingerprint density at radius 1 is 0.577 bits per heavy atom. The molecule has 0 amide bonds. The zero-order valence-electron chi connectivity index (χ0n) is 17.6. The summed E-state index contributed by atoms with van der Waals surface area (Å²) < 4.78 is 0. The molecule has 152 valence electrons. The number of rotatable bonds is 6. The maximum atomic E-state index is 2.90. The lowest BCUT2D eigenvalue weighted by Crippen LogP contribution is -2.45. The Morgan fingerprint density at radius 2 is 1.04 bits per heavy atom. The predicted octanol–water partition coefficient (Wildman–Crippen LogP) is 4.76. The van der Waals surface area contributed by atoms with Crippen molar-refractivity contribution in [3.05, 3.63) is 0 Å². The minimum Gasteiger partial charge on any atom is -0.301 e. The SMILES string of the molecule is CCCCCN1CCN(C2CCCCC2)CCN(C2CCCCC2)CC1. The van der Waals surface area contributed by atoms with Crippen molar-refractivity contribution in [3.8, 4) is 0 Å². The molecule has 0 N–H and O–H groups in total. The minimum absolute atomic E-state index is 0.882. The normalized spacial score (nSPS) is 27.1. The highest BCUT2D eigenvalue weighted by molar-refractivity contribution is 4.83. The molecule has 3 rings (SSSR count). The molecule has 2 saturated carbocycles. The van der Waals surface area contributed by atoms with Gasteiger partial charge in [-0.05, 0) is 38.6 Å². The molecule has 3 nitrogen and oxygen atoms in total. The zero-order chi connectivity index (χ0) is 18.0. The van der Waals surface area contributed by atoms with Gasteiger partial charge in [-0.3, -0.25) is 9.80 Å². The summed E-state index contributed by atoms with van der Waals surface area (Å²) in [5.74, 6) is 0. The molecule has 0 atom stereocenters. The number of hydrogen-bond donors (Lipinski definition) is 0. The molecule has 2 aliphatic carbocycles. The maximum absolute atomic E-state index is 2.90. The van der Waals surface area contributed by atoms with Crippen molar-refractivity contribution >= 4 is 0 Å². The Balaban J connectivity index is 1.60. The van der Waals surface area contributed by atoms with E-state index >= 15 is 0 Å². The molecule has 0 aromatic rings. The Bertz CT molecular complexity index is 330. The fraction of sp³-hybridized carbons (Fsp3) is 1.00. The summed E-state index contributed by atoms with van der Waals surface area (Å²) in [5, 5.41) is 0. The van der Waals surface area contributed by atoms with E-state index < -0.39 is 0 Å². The van der Waals surface area contributed by atoms with E-state index in [0.29, 0.717) is 0 Å². The van der Waals surface area contributed by atoms with Crippen LogP contribution in [0.15, 0.2) is 0 Å². The molecule has 26 heavy (non-hydrogen) atoms. The lowest BCUT2D eigenvalue weighted by molar-refractivity contribution is 0.112. The first-order valence-corrected chi connectivity index (χ1v) is 12.1. The number of unbranched alkanes of at least 4 members (excludes halogenated alkanes) is 2. The van der Waals surface area contributed by atoms with Crippen LogP contribution in [0, 0.1) is 0 Å². The summed E-state index contributed by atoms with van der Waals surface area (Å²) in [6, 6.07) is 1.76. The molecule has 0 radical (unpaired) electrons. The van der Waals surface area contributed by atoms with Gasteiger partial charge in [0, 0.05) is 51.4 Å². The first-order valence-electron chi connectivity index (χ1n) is 12.1. The minimum atomic E-state index is 0.882. The van der Waals surface area contributed by atoms with E-state index in [1.807, 2.05) is 0 Å². The van der Waals surface area contributed by atoms with Crippen LogP contribution in [0.2, 0.25) is 0 Å². The van der Waals surface area contributed by atoms with Gasteiger partial charge >= 0.3 is 0 Å². The van der Waals surface area contributed by atoms with Gasteiger partial charge in [0.25, 0.3) is 0 Å². The van der Waals surface area contributed by atoms with Gasteiger partial charge in [-0.15, -0.1) is 0 Å². The lowest BCUT2D eigenvalue weighted by atomic mass is 9.93. The van der Waals surface area contributed by atoms with Crippen LogP contribution in [-0.4, -0.2) is 72.6 Å². The topological polar surface area (TPSA) is 9.72 Å². The molecule has 0 aromatic carbocycles. The molecule has 3 fully saturated rings. The molecule has 3 heteroatoms. The Hall–Kier alpha value is -0.120. The van der Waals surface area contributed by atoms with Crippen LogP contribution < -0.4 is 0 Å². The van der Waals surface area contributed by atoms with Crippen molar-refractivity contribution in [1.82, 2.24) is 14.7 Å². The summed E-state index contributed by atoms with van der Waals surface area (Å²) in [6.07, 6.45) is 18.8. The highest BCUT2D eigenvalue weighted by Gasteiger charge is 2.26. The van der Waals surface area contributed by atoms with E-state index in [0.717, 1.165) is 12.1 Å². The van der Waals surface area contributed by atoms with E-state index in [1.54, 1.807) is 0 Å². The largest absolute Gasteiger partial charge is 0.301 e. The van der Waals surface area contributed by atoms with Gasteiger partial charge in [0.1, 0.15) is 0 Å². The maximum Gasteiger partial charge on any atom is 0.0113 e. The molecule has 0 spiro atoms. The summed E-state index contributed by atoms with van der Waals surface area (Å²) in [4.78, 5) is 8.59. The second-order valence-corrected chi connectivity index (χ2v) is 9.20. The molecule has 3 aliphatic rings.